The zero-order chi connectivity index (χ0) is 13.5. The molecular formula is C15H13NO3. The van der Waals surface area contributed by atoms with Crippen molar-refractivity contribution in [1.82, 2.24) is 5.16 Å². The lowest BCUT2D eigenvalue weighted by Gasteiger charge is -1.92. The molecule has 0 fully saturated rings. The SMILES string of the molecule is O=c1cc(-c2ccccc2)[nH]o1.Oc1ccccc1. The second kappa shape index (κ2) is 6.26. The smallest absolute Gasteiger partial charge is 0.357 e. The highest BCUT2D eigenvalue weighted by atomic mass is 16.5. The fourth-order valence-electron chi connectivity index (χ4n) is 1.47. The van der Waals surface area contributed by atoms with Gasteiger partial charge in [0.25, 0.3) is 0 Å². The van der Waals surface area contributed by atoms with Crippen molar-refractivity contribution < 1.29 is 9.63 Å². The molecule has 3 rings (SSSR count). The van der Waals surface area contributed by atoms with E-state index in [1.165, 1.54) is 6.07 Å². The molecule has 0 amide bonds. The molecule has 3 aromatic rings. The Kier molecular flexibility index (Phi) is 4.18. The van der Waals surface area contributed by atoms with Crippen LogP contribution in [0.15, 0.2) is 76.0 Å². The van der Waals surface area contributed by atoms with Crippen molar-refractivity contribution in [2.75, 3.05) is 0 Å². The van der Waals surface area contributed by atoms with Gasteiger partial charge in [-0.25, -0.2) is 9.95 Å². The molecule has 0 saturated heterocycles. The Bertz CT molecular complexity index is 656. The van der Waals surface area contributed by atoms with E-state index in [2.05, 4.69) is 9.68 Å². The lowest BCUT2D eigenvalue weighted by atomic mass is 10.2. The van der Waals surface area contributed by atoms with Crippen LogP contribution >= 0.6 is 0 Å². The number of H-pyrrole nitrogens is 1. The third-order valence-electron chi connectivity index (χ3n) is 2.36. The average Bonchev–Trinajstić information content (AvgIpc) is 2.88. The largest absolute Gasteiger partial charge is 0.508 e. The van der Waals surface area contributed by atoms with Gasteiger partial charge in [0, 0.05) is 5.56 Å². The van der Waals surface area contributed by atoms with Crippen molar-refractivity contribution in [3.63, 3.8) is 0 Å². The number of benzene rings is 2. The number of nitrogens with one attached hydrogen (secondary N) is 1. The Morgan fingerprint density at radius 2 is 1.47 bits per heavy atom. The van der Waals surface area contributed by atoms with E-state index in [1.807, 2.05) is 36.4 Å². The summed E-state index contributed by atoms with van der Waals surface area (Å²) in [4.78, 5) is 10.7. The Hall–Kier alpha value is -2.75. The van der Waals surface area contributed by atoms with E-state index in [1.54, 1.807) is 24.3 Å². The average molecular weight is 255 g/mol. The van der Waals surface area contributed by atoms with Gasteiger partial charge < -0.3 is 9.63 Å². The molecule has 0 radical (unpaired) electrons. The van der Waals surface area contributed by atoms with Crippen LogP contribution < -0.4 is 5.63 Å². The molecular weight excluding hydrogens is 242 g/mol. The van der Waals surface area contributed by atoms with Gasteiger partial charge in [0.2, 0.25) is 0 Å². The third kappa shape index (κ3) is 3.89. The van der Waals surface area contributed by atoms with Crippen LogP contribution in [0.2, 0.25) is 0 Å². The van der Waals surface area contributed by atoms with E-state index in [-0.39, 0.29) is 5.63 Å². The van der Waals surface area contributed by atoms with Gasteiger partial charge in [0.1, 0.15) is 5.75 Å². The maximum absolute atomic E-state index is 10.7. The summed E-state index contributed by atoms with van der Waals surface area (Å²) in [5, 5.41) is 11.2. The van der Waals surface area contributed by atoms with Crippen LogP contribution in [0.5, 0.6) is 5.75 Å². The Morgan fingerprint density at radius 3 is 1.89 bits per heavy atom. The monoisotopic (exact) mass is 255 g/mol. The van der Waals surface area contributed by atoms with Crippen molar-refractivity contribution in [2.45, 2.75) is 0 Å². The van der Waals surface area contributed by atoms with Gasteiger partial charge in [0.15, 0.2) is 0 Å². The van der Waals surface area contributed by atoms with Crippen molar-refractivity contribution in [2.24, 2.45) is 0 Å². The second-order valence-electron chi connectivity index (χ2n) is 3.78. The molecule has 1 aromatic heterocycles. The topological polar surface area (TPSA) is 66.2 Å². The normalized spacial score (nSPS) is 9.47. The van der Waals surface area contributed by atoms with Crippen molar-refractivity contribution in [1.29, 1.82) is 0 Å². The number of para-hydroxylation sites is 1. The number of aromatic nitrogens is 1. The molecule has 96 valence electrons. The zero-order valence-corrected chi connectivity index (χ0v) is 10.1. The van der Waals surface area contributed by atoms with Gasteiger partial charge in [-0.3, -0.25) is 0 Å². The van der Waals surface area contributed by atoms with Crippen LogP contribution in [0, 0.1) is 0 Å². The van der Waals surface area contributed by atoms with Gasteiger partial charge in [-0.15, -0.1) is 0 Å². The van der Waals surface area contributed by atoms with E-state index >= 15 is 0 Å². The maximum Gasteiger partial charge on any atom is 0.357 e. The van der Waals surface area contributed by atoms with Gasteiger partial charge >= 0.3 is 5.63 Å². The molecule has 0 bridgehead atoms. The van der Waals surface area contributed by atoms with Crippen LogP contribution in [0.25, 0.3) is 11.3 Å². The molecule has 2 N–H and O–H groups in total. The summed E-state index contributed by atoms with van der Waals surface area (Å²) in [6, 6.07) is 19.7. The van der Waals surface area contributed by atoms with Crippen molar-refractivity contribution in [3.8, 4) is 17.0 Å². The maximum atomic E-state index is 10.7. The first-order valence-corrected chi connectivity index (χ1v) is 5.73. The number of hydrogen-bond donors (Lipinski definition) is 2. The van der Waals surface area contributed by atoms with Crippen LogP contribution in [0.3, 0.4) is 0 Å². The quantitative estimate of drug-likeness (QED) is 0.702. The summed E-state index contributed by atoms with van der Waals surface area (Å²) in [6.07, 6.45) is 0. The minimum atomic E-state index is -0.353. The minimum absolute atomic E-state index is 0.322. The molecule has 2 aromatic carbocycles. The molecule has 0 aliphatic heterocycles. The number of aromatic hydroxyl groups is 1. The number of aromatic amines is 1. The van der Waals surface area contributed by atoms with Crippen LogP contribution in [-0.4, -0.2) is 10.3 Å². The van der Waals surface area contributed by atoms with Crippen LogP contribution in [-0.2, 0) is 0 Å². The Labute approximate surface area is 109 Å². The highest BCUT2D eigenvalue weighted by molar-refractivity contribution is 5.57. The summed E-state index contributed by atoms with van der Waals surface area (Å²) in [5.41, 5.74) is 1.30. The van der Waals surface area contributed by atoms with Crippen LogP contribution in [0.4, 0.5) is 0 Å². The molecule has 0 unspecified atom stereocenters. The van der Waals surface area contributed by atoms with Crippen LogP contribution in [0.1, 0.15) is 0 Å². The second-order valence-corrected chi connectivity index (χ2v) is 3.78. The number of hydrogen-bond acceptors (Lipinski definition) is 3. The standard InChI is InChI=1S/C9H7NO2.C6H6O/c11-9-6-8(10-12-9)7-4-2-1-3-5-7;7-6-4-2-1-3-5-6/h1-6,10H;1-5,7H. The predicted octanol–water partition coefficient (Wildman–Crippen LogP) is 3.03. The predicted molar refractivity (Wildman–Crippen MR) is 72.9 cm³/mol. The van der Waals surface area contributed by atoms with E-state index in [4.69, 9.17) is 5.11 Å². The molecule has 0 aliphatic rings. The minimum Gasteiger partial charge on any atom is -0.508 e. The number of rotatable bonds is 1. The fraction of sp³-hybridized carbons (Fsp3) is 0. The first kappa shape index (κ1) is 12.7. The molecule has 0 aliphatic carbocycles. The summed E-state index contributed by atoms with van der Waals surface area (Å²) < 4.78 is 4.54. The summed E-state index contributed by atoms with van der Waals surface area (Å²) >= 11 is 0. The first-order valence-electron chi connectivity index (χ1n) is 5.73. The Morgan fingerprint density at radius 1 is 0.895 bits per heavy atom. The lowest BCUT2D eigenvalue weighted by Crippen LogP contribution is -1.85. The third-order valence-corrected chi connectivity index (χ3v) is 2.36. The molecule has 4 nitrogen and oxygen atoms in total. The van der Waals surface area contributed by atoms with Gasteiger partial charge in [0.05, 0.1) is 11.8 Å². The lowest BCUT2D eigenvalue weighted by molar-refractivity contribution is 0.394. The van der Waals surface area contributed by atoms with E-state index in [9.17, 15) is 4.79 Å². The van der Waals surface area contributed by atoms with E-state index < -0.39 is 0 Å². The molecule has 0 spiro atoms. The van der Waals surface area contributed by atoms with Crippen molar-refractivity contribution in [3.05, 3.63) is 77.2 Å². The van der Waals surface area contributed by atoms with E-state index in [0.29, 0.717) is 11.4 Å². The van der Waals surface area contributed by atoms with Crippen molar-refractivity contribution >= 4 is 0 Å². The number of phenols is 1. The molecule has 0 atom stereocenters. The van der Waals surface area contributed by atoms with Gasteiger partial charge in [-0.1, -0.05) is 48.5 Å². The summed E-state index contributed by atoms with van der Waals surface area (Å²) in [5.74, 6) is 0.322. The summed E-state index contributed by atoms with van der Waals surface area (Å²) in [6.45, 7) is 0. The van der Waals surface area contributed by atoms with E-state index in [0.717, 1.165) is 5.56 Å². The zero-order valence-electron chi connectivity index (χ0n) is 10.1. The first-order chi connectivity index (χ1) is 9.25. The molecule has 1 heterocycles. The summed E-state index contributed by atoms with van der Waals surface area (Å²) in [7, 11) is 0. The molecule has 19 heavy (non-hydrogen) atoms. The highest BCUT2D eigenvalue weighted by Crippen LogP contribution is 2.13. The Balaban J connectivity index is 0.000000163. The molecule has 4 heteroatoms. The highest BCUT2D eigenvalue weighted by Gasteiger charge is 1.99. The van der Waals surface area contributed by atoms with Gasteiger partial charge in [-0.2, -0.15) is 0 Å². The van der Waals surface area contributed by atoms with Gasteiger partial charge in [-0.05, 0) is 12.1 Å². The molecule has 0 saturated carbocycles. The fourth-order valence-corrected chi connectivity index (χ4v) is 1.47. The number of phenolic OH excluding ortho intramolecular Hbond substituents is 1.